The van der Waals surface area contributed by atoms with Crippen molar-refractivity contribution in [3.8, 4) is 0 Å². The minimum Gasteiger partial charge on any atom is -0.381 e. The number of ether oxygens (including phenoxy) is 1. The van der Waals surface area contributed by atoms with Crippen LogP contribution in [0.1, 0.15) is 12.0 Å². The molecule has 0 N–H and O–H groups in total. The Morgan fingerprint density at radius 2 is 2.40 bits per heavy atom. The van der Waals surface area contributed by atoms with Crippen molar-refractivity contribution in [1.82, 2.24) is 0 Å². The molecule has 3 heteroatoms. The summed E-state index contributed by atoms with van der Waals surface area (Å²) in [5.74, 6) is 0.519. The summed E-state index contributed by atoms with van der Waals surface area (Å²) in [6, 6.07) is 8.33. The molecule has 2 unspecified atom stereocenters. The molecule has 1 saturated heterocycles. The quantitative estimate of drug-likeness (QED) is 0.772. The van der Waals surface area contributed by atoms with Crippen LogP contribution in [0.4, 0.5) is 0 Å². The Balaban J connectivity index is 1.95. The molecule has 0 radical (unpaired) electrons. The van der Waals surface area contributed by atoms with Crippen molar-refractivity contribution >= 4 is 27.5 Å². The van der Waals surface area contributed by atoms with Gasteiger partial charge in [-0.05, 0) is 30.5 Å². The Kier molecular flexibility index (Phi) is 4.06. The summed E-state index contributed by atoms with van der Waals surface area (Å²) in [4.78, 5) is 0. The van der Waals surface area contributed by atoms with E-state index in [1.165, 1.54) is 5.56 Å². The fraction of sp³-hybridized carbons (Fsp3) is 0.500. The van der Waals surface area contributed by atoms with Crippen LogP contribution in [0.2, 0.25) is 0 Å². The van der Waals surface area contributed by atoms with Crippen LogP contribution in [0, 0.1) is 5.92 Å². The maximum absolute atomic E-state index is 6.38. The molecule has 1 aromatic carbocycles. The summed E-state index contributed by atoms with van der Waals surface area (Å²) in [5.41, 5.74) is 1.29. The van der Waals surface area contributed by atoms with E-state index in [2.05, 4.69) is 28.1 Å². The molecule has 0 saturated carbocycles. The molecule has 0 aromatic heterocycles. The maximum Gasteiger partial charge on any atom is 0.0509 e. The van der Waals surface area contributed by atoms with Gasteiger partial charge in [0.1, 0.15) is 0 Å². The van der Waals surface area contributed by atoms with Gasteiger partial charge in [-0.1, -0.05) is 28.1 Å². The number of hydrogen-bond acceptors (Lipinski definition) is 1. The highest BCUT2D eigenvalue weighted by Gasteiger charge is 2.23. The van der Waals surface area contributed by atoms with E-state index < -0.39 is 0 Å². The topological polar surface area (TPSA) is 9.23 Å². The standard InChI is InChI=1S/C12H14BrClO/c13-11-3-1-2-9(6-11)7-12(14)10-4-5-15-8-10/h1-3,6,10,12H,4-5,7-8H2. The highest BCUT2D eigenvalue weighted by molar-refractivity contribution is 9.10. The largest absolute Gasteiger partial charge is 0.381 e. The van der Waals surface area contributed by atoms with Gasteiger partial charge >= 0.3 is 0 Å². The predicted octanol–water partition coefficient (Wildman–Crippen LogP) is 3.64. The second kappa shape index (κ2) is 5.33. The second-order valence-electron chi connectivity index (χ2n) is 3.97. The summed E-state index contributed by atoms with van der Waals surface area (Å²) in [7, 11) is 0. The molecule has 2 atom stereocenters. The number of halogens is 2. The van der Waals surface area contributed by atoms with Gasteiger partial charge in [0.25, 0.3) is 0 Å². The summed E-state index contributed by atoms with van der Waals surface area (Å²) in [5, 5.41) is 0.196. The summed E-state index contributed by atoms with van der Waals surface area (Å²) in [6.07, 6.45) is 2.02. The summed E-state index contributed by atoms with van der Waals surface area (Å²) in [6.45, 7) is 1.69. The SMILES string of the molecule is ClC(Cc1cccc(Br)c1)C1CCOC1. The van der Waals surface area contributed by atoms with Gasteiger partial charge in [0, 0.05) is 22.4 Å². The first-order valence-corrected chi connectivity index (χ1v) is 6.45. The van der Waals surface area contributed by atoms with Gasteiger partial charge in [0.05, 0.1) is 6.61 Å². The average molecular weight is 290 g/mol. The van der Waals surface area contributed by atoms with Crippen molar-refractivity contribution in [2.45, 2.75) is 18.2 Å². The van der Waals surface area contributed by atoms with Crippen LogP contribution in [0.25, 0.3) is 0 Å². The van der Waals surface area contributed by atoms with Crippen LogP contribution in [0.3, 0.4) is 0 Å². The van der Waals surface area contributed by atoms with Crippen LogP contribution < -0.4 is 0 Å². The van der Waals surface area contributed by atoms with E-state index in [1.807, 2.05) is 12.1 Å². The molecule has 1 aliphatic rings. The van der Waals surface area contributed by atoms with Crippen molar-refractivity contribution in [2.24, 2.45) is 5.92 Å². The highest BCUT2D eigenvalue weighted by Crippen LogP contribution is 2.25. The van der Waals surface area contributed by atoms with Crippen molar-refractivity contribution in [3.05, 3.63) is 34.3 Å². The van der Waals surface area contributed by atoms with Crippen LogP contribution in [-0.4, -0.2) is 18.6 Å². The smallest absolute Gasteiger partial charge is 0.0509 e. The summed E-state index contributed by atoms with van der Waals surface area (Å²) < 4.78 is 6.46. The Morgan fingerprint density at radius 3 is 3.07 bits per heavy atom. The van der Waals surface area contributed by atoms with Crippen LogP contribution in [0.5, 0.6) is 0 Å². The molecule has 1 heterocycles. The Labute approximate surface area is 104 Å². The maximum atomic E-state index is 6.38. The van der Waals surface area contributed by atoms with Gasteiger partial charge in [0.15, 0.2) is 0 Å². The van der Waals surface area contributed by atoms with Gasteiger partial charge in [-0.2, -0.15) is 0 Å². The first-order chi connectivity index (χ1) is 7.25. The number of alkyl halides is 1. The first-order valence-electron chi connectivity index (χ1n) is 5.22. The Morgan fingerprint density at radius 1 is 1.53 bits per heavy atom. The number of hydrogen-bond donors (Lipinski definition) is 0. The van der Waals surface area contributed by atoms with E-state index in [4.69, 9.17) is 16.3 Å². The van der Waals surface area contributed by atoms with E-state index in [0.717, 1.165) is 30.5 Å². The van der Waals surface area contributed by atoms with Crippen LogP contribution in [-0.2, 0) is 11.2 Å². The van der Waals surface area contributed by atoms with E-state index >= 15 is 0 Å². The predicted molar refractivity (Wildman–Crippen MR) is 66.4 cm³/mol. The molecule has 0 aliphatic carbocycles. The highest BCUT2D eigenvalue weighted by atomic mass is 79.9. The van der Waals surface area contributed by atoms with E-state index in [0.29, 0.717) is 5.92 Å². The average Bonchev–Trinajstić information content (AvgIpc) is 2.70. The van der Waals surface area contributed by atoms with Crippen molar-refractivity contribution in [1.29, 1.82) is 0 Å². The lowest BCUT2D eigenvalue weighted by Gasteiger charge is -2.15. The zero-order valence-corrected chi connectivity index (χ0v) is 10.8. The molecule has 15 heavy (non-hydrogen) atoms. The van der Waals surface area contributed by atoms with E-state index in [-0.39, 0.29) is 5.38 Å². The van der Waals surface area contributed by atoms with Gasteiger partial charge < -0.3 is 4.74 Å². The molecule has 0 bridgehead atoms. The van der Waals surface area contributed by atoms with Crippen LogP contribution >= 0.6 is 27.5 Å². The monoisotopic (exact) mass is 288 g/mol. The molecule has 1 aromatic rings. The molecule has 2 rings (SSSR count). The fourth-order valence-electron chi connectivity index (χ4n) is 1.89. The first kappa shape index (κ1) is 11.4. The molecule has 0 amide bonds. The zero-order chi connectivity index (χ0) is 10.7. The molecule has 1 fully saturated rings. The number of rotatable bonds is 3. The lowest BCUT2D eigenvalue weighted by Crippen LogP contribution is -2.17. The molecule has 1 aliphatic heterocycles. The Bertz CT molecular complexity index is 323. The third kappa shape index (κ3) is 3.20. The second-order valence-corrected chi connectivity index (χ2v) is 5.45. The van der Waals surface area contributed by atoms with E-state index in [1.54, 1.807) is 0 Å². The zero-order valence-electron chi connectivity index (χ0n) is 8.46. The van der Waals surface area contributed by atoms with E-state index in [9.17, 15) is 0 Å². The van der Waals surface area contributed by atoms with Gasteiger partial charge in [-0.3, -0.25) is 0 Å². The molecular formula is C12H14BrClO. The van der Waals surface area contributed by atoms with Crippen molar-refractivity contribution in [3.63, 3.8) is 0 Å². The lowest BCUT2D eigenvalue weighted by atomic mass is 9.98. The van der Waals surface area contributed by atoms with Gasteiger partial charge in [-0.15, -0.1) is 11.6 Å². The minimum atomic E-state index is 0.196. The van der Waals surface area contributed by atoms with Crippen molar-refractivity contribution in [2.75, 3.05) is 13.2 Å². The molecule has 1 nitrogen and oxygen atoms in total. The molecule has 0 spiro atoms. The minimum absolute atomic E-state index is 0.196. The Hall–Kier alpha value is -0.0500. The normalized spacial score (nSPS) is 22.9. The van der Waals surface area contributed by atoms with Crippen LogP contribution in [0.15, 0.2) is 28.7 Å². The van der Waals surface area contributed by atoms with Gasteiger partial charge in [0.2, 0.25) is 0 Å². The van der Waals surface area contributed by atoms with Gasteiger partial charge in [-0.25, -0.2) is 0 Å². The molecule has 82 valence electrons. The number of benzene rings is 1. The molecular weight excluding hydrogens is 275 g/mol. The fourth-order valence-corrected chi connectivity index (χ4v) is 2.72. The third-order valence-corrected chi connectivity index (χ3v) is 3.80. The summed E-state index contributed by atoms with van der Waals surface area (Å²) >= 11 is 9.85. The third-order valence-electron chi connectivity index (χ3n) is 2.80. The van der Waals surface area contributed by atoms with Crippen molar-refractivity contribution < 1.29 is 4.74 Å². The lowest BCUT2D eigenvalue weighted by molar-refractivity contribution is 0.185.